The van der Waals surface area contributed by atoms with Crippen LogP contribution >= 0.6 is 15.9 Å². The van der Waals surface area contributed by atoms with Crippen LogP contribution in [0.5, 0.6) is 0 Å². The third-order valence-electron chi connectivity index (χ3n) is 5.76. The molecular weight excluding hydrogens is 508 g/mol. The molecular formula is C22H25BrN6O3S. The van der Waals surface area contributed by atoms with Gasteiger partial charge in [-0.05, 0) is 55.4 Å². The zero-order valence-electron chi connectivity index (χ0n) is 17.9. The monoisotopic (exact) mass is 532 g/mol. The van der Waals surface area contributed by atoms with Crippen molar-refractivity contribution in [3.63, 3.8) is 0 Å². The van der Waals surface area contributed by atoms with Gasteiger partial charge >= 0.3 is 0 Å². The van der Waals surface area contributed by atoms with E-state index in [0.717, 1.165) is 29.3 Å². The number of benzene rings is 1. The van der Waals surface area contributed by atoms with E-state index in [2.05, 4.69) is 36.3 Å². The fraction of sp³-hybridized carbons (Fsp3) is 0.364. The lowest BCUT2D eigenvalue weighted by molar-refractivity contribution is 0.103. The Hall–Kier alpha value is -2.63. The Kier molecular flexibility index (Phi) is 7.20. The van der Waals surface area contributed by atoms with E-state index >= 15 is 0 Å². The van der Waals surface area contributed by atoms with Crippen molar-refractivity contribution in [1.29, 1.82) is 0 Å². The highest BCUT2D eigenvalue weighted by Gasteiger charge is 2.27. The number of rotatable bonds is 9. The molecule has 33 heavy (non-hydrogen) atoms. The predicted octanol–water partition coefficient (Wildman–Crippen LogP) is 2.97. The van der Waals surface area contributed by atoms with Gasteiger partial charge in [0.1, 0.15) is 17.8 Å². The van der Waals surface area contributed by atoms with E-state index in [1.54, 1.807) is 16.9 Å². The average molecular weight is 533 g/mol. The quantitative estimate of drug-likeness (QED) is 0.404. The van der Waals surface area contributed by atoms with Crippen molar-refractivity contribution in [3.8, 4) is 0 Å². The number of aromatic nitrogens is 4. The molecule has 1 aliphatic rings. The Morgan fingerprint density at radius 3 is 2.91 bits per heavy atom. The highest BCUT2D eigenvalue weighted by molar-refractivity contribution is 9.10. The average Bonchev–Trinajstić information content (AvgIpc) is 3.41. The summed E-state index contributed by atoms with van der Waals surface area (Å²) in [6.45, 7) is 0.547. The lowest BCUT2D eigenvalue weighted by Gasteiger charge is -2.15. The number of carbonyl (C=O) groups is 1. The zero-order chi connectivity index (χ0) is 23.4. The molecule has 3 aromatic rings. The summed E-state index contributed by atoms with van der Waals surface area (Å²) in [5.74, 6) is 0.476. The Bertz CT molecular complexity index is 1250. The van der Waals surface area contributed by atoms with Gasteiger partial charge in [-0.25, -0.2) is 23.5 Å². The second-order valence-electron chi connectivity index (χ2n) is 8.32. The molecule has 4 rings (SSSR count). The molecule has 0 unspecified atom stereocenters. The fourth-order valence-electron chi connectivity index (χ4n) is 4.13. The molecule has 2 atom stereocenters. The minimum atomic E-state index is -3.45. The third kappa shape index (κ3) is 6.46. The molecule has 0 amide bonds. The third-order valence-corrected chi connectivity index (χ3v) is 7.05. The fourth-order valence-corrected chi connectivity index (χ4v) is 5.24. The molecule has 1 aliphatic carbocycles. The molecule has 2 heterocycles. The molecule has 0 bridgehead atoms. The first kappa shape index (κ1) is 23.5. The topological polar surface area (TPSA) is 133 Å². The molecule has 3 N–H and O–H groups in total. The largest absolute Gasteiger partial charge is 0.367 e. The number of hydrogen-bond donors (Lipinski definition) is 2. The molecule has 0 saturated heterocycles. The minimum Gasteiger partial charge on any atom is -0.367 e. The van der Waals surface area contributed by atoms with Crippen LogP contribution < -0.4 is 10.5 Å². The van der Waals surface area contributed by atoms with Crippen molar-refractivity contribution in [1.82, 2.24) is 19.7 Å². The van der Waals surface area contributed by atoms with Crippen molar-refractivity contribution in [2.24, 2.45) is 11.1 Å². The van der Waals surface area contributed by atoms with Gasteiger partial charge < -0.3 is 5.32 Å². The van der Waals surface area contributed by atoms with Crippen LogP contribution in [0.3, 0.4) is 0 Å². The Balaban J connectivity index is 1.42. The normalized spacial score (nSPS) is 18.4. The maximum Gasteiger partial charge on any atom is 0.218 e. The van der Waals surface area contributed by atoms with Gasteiger partial charge in [-0.3, -0.25) is 9.48 Å². The van der Waals surface area contributed by atoms with Crippen molar-refractivity contribution in [2.75, 3.05) is 11.1 Å². The molecule has 1 aromatic carbocycles. The first-order chi connectivity index (χ1) is 15.8. The van der Waals surface area contributed by atoms with E-state index in [-0.39, 0.29) is 23.5 Å². The molecule has 0 aliphatic heterocycles. The zero-order valence-corrected chi connectivity index (χ0v) is 20.3. The SMILES string of the molecule is NS(=O)(=O)CC[C@@H]1CC[C@H](Nc2ncncc2C(=O)c2ccn(Cc3cccc(Br)c3)n2)C1. The standard InChI is InChI=1S/C22H25BrN6O3S/c23-17-3-1-2-16(10-17)13-29-8-6-20(28-29)21(30)19-12-25-14-26-22(19)27-18-5-4-15(11-18)7-9-33(24,31)32/h1-3,6,8,10,12,14-15,18H,4-5,7,9,11,13H2,(H2,24,31,32)(H,25,26,27)/t15-,18-/m0/s1. The van der Waals surface area contributed by atoms with Gasteiger partial charge in [-0.15, -0.1) is 0 Å². The van der Waals surface area contributed by atoms with Gasteiger partial charge in [0, 0.05) is 22.9 Å². The minimum absolute atomic E-state index is 0.00970. The predicted molar refractivity (Wildman–Crippen MR) is 128 cm³/mol. The maximum absolute atomic E-state index is 13.2. The Labute approximate surface area is 201 Å². The van der Waals surface area contributed by atoms with Crippen LogP contribution in [0, 0.1) is 5.92 Å². The van der Waals surface area contributed by atoms with Gasteiger partial charge in [0.25, 0.3) is 0 Å². The summed E-state index contributed by atoms with van der Waals surface area (Å²) in [5, 5.41) is 12.9. The van der Waals surface area contributed by atoms with E-state index in [4.69, 9.17) is 5.14 Å². The number of halogens is 1. The van der Waals surface area contributed by atoms with Crippen LogP contribution in [-0.4, -0.2) is 45.7 Å². The number of nitrogens with one attached hydrogen (secondary N) is 1. The lowest BCUT2D eigenvalue weighted by atomic mass is 10.1. The summed E-state index contributed by atoms with van der Waals surface area (Å²) >= 11 is 3.46. The van der Waals surface area contributed by atoms with Crippen LogP contribution in [0.25, 0.3) is 0 Å². The number of primary sulfonamides is 1. The lowest BCUT2D eigenvalue weighted by Crippen LogP contribution is -2.21. The van der Waals surface area contributed by atoms with E-state index in [0.29, 0.717) is 30.0 Å². The number of anilines is 1. The van der Waals surface area contributed by atoms with Crippen LogP contribution in [0.4, 0.5) is 5.82 Å². The van der Waals surface area contributed by atoms with Gasteiger partial charge in [-0.1, -0.05) is 28.1 Å². The summed E-state index contributed by atoms with van der Waals surface area (Å²) in [5.41, 5.74) is 1.74. The van der Waals surface area contributed by atoms with Crippen LogP contribution in [0.1, 0.15) is 47.3 Å². The highest BCUT2D eigenvalue weighted by Crippen LogP contribution is 2.31. The summed E-state index contributed by atoms with van der Waals surface area (Å²) in [6, 6.07) is 9.71. The van der Waals surface area contributed by atoms with Gasteiger partial charge in [0.05, 0.1) is 17.9 Å². The number of hydrogen-bond acceptors (Lipinski definition) is 7. The van der Waals surface area contributed by atoms with Gasteiger partial charge in [0.2, 0.25) is 15.8 Å². The molecule has 2 aromatic heterocycles. The van der Waals surface area contributed by atoms with Crippen molar-refractivity contribution >= 4 is 37.6 Å². The first-order valence-electron chi connectivity index (χ1n) is 10.7. The summed E-state index contributed by atoms with van der Waals surface area (Å²) in [7, 11) is -3.45. The number of carbonyl (C=O) groups excluding carboxylic acids is 1. The molecule has 9 nitrogen and oxygen atoms in total. The van der Waals surface area contributed by atoms with E-state index in [1.165, 1.54) is 12.5 Å². The number of nitrogens with zero attached hydrogens (tertiary/aromatic N) is 4. The second kappa shape index (κ2) is 10.1. The number of ketones is 1. The van der Waals surface area contributed by atoms with E-state index < -0.39 is 10.0 Å². The van der Waals surface area contributed by atoms with Crippen LogP contribution in [0.2, 0.25) is 0 Å². The molecule has 0 radical (unpaired) electrons. The molecule has 0 spiro atoms. The highest BCUT2D eigenvalue weighted by atomic mass is 79.9. The Morgan fingerprint density at radius 1 is 1.27 bits per heavy atom. The number of sulfonamides is 1. The summed E-state index contributed by atoms with van der Waals surface area (Å²) < 4.78 is 25.2. The molecule has 1 saturated carbocycles. The second-order valence-corrected chi connectivity index (χ2v) is 11.0. The van der Waals surface area contributed by atoms with Crippen molar-refractivity contribution < 1.29 is 13.2 Å². The van der Waals surface area contributed by atoms with Crippen LogP contribution in [0.15, 0.2) is 53.5 Å². The Morgan fingerprint density at radius 2 is 2.12 bits per heavy atom. The summed E-state index contributed by atoms with van der Waals surface area (Å²) in [6.07, 6.45) is 7.79. The van der Waals surface area contributed by atoms with E-state index in [1.807, 2.05) is 24.3 Å². The molecule has 11 heteroatoms. The first-order valence-corrected chi connectivity index (χ1v) is 13.2. The number of nitrogens with two attached hydrogens (primary N) is 1. The van der Waals surface area contributed by atoms with Crippen LogP contribution in [-0.2, 0) is 16.6 Å². The van der Waals surface area contributed by atoms with Crippen molar-refractivity contribution in [3.05, 3.63) is 70.3 Å². The maximum atomic E-state index is 13.2. The smallest absolute Gasteiger partial charge is 0.218 e. The van der Waals surface area contributed by atoms with E-state index in [9.17, 15) is 13.2 Å². The molecule has 174 valence electrons. The summed E-state index contributed by atoms with van der Waals surface area (Å²) in [4.78, 5) is 21.5. The molecule has 1 fully saturated rings. The van der Waals surface area contributed by atoms with Gasteiger partial charge in [-0.2, -0.15) is 5.10 Å². The van der Waals surface area contributed by atoms with Crippen molar-refractivity contribution in [2.45, 2.75) is 38.3 Å². The van der Waals surface area contributed by atoms with Gasteiger partial charge in [0.15, 0.2) is 0 Å².